The van der Waals surface area contributed by atoms with Crippen LogP contribution in [0.15, 0.2) is 18.3 Å². The molecule has 0 radical (unpaired) electrons. The molecular weight excluding hydrogens is 426 g/mol. The van der Waals surface area contributed by atoms with Crippen LogP contribution in [0.25, 0.3) is 0 Å². The molecule has 5 aliphatic rings. The number of carbonyl (C=O) groups excluding carboxylic acids is 2. The molecule has 1 aromatic heterocycles. The Hall–Kier alpha value is -2.15. The third-order valence-electron chi connectivity index (χ3n) is 9.19. The van der Waals surface area contributed by atoms with Crippen LogP contribution in [-0.4, -0.2) is 89.4 Å². The second kappa shape index (κ2) is 9.48. The first-order chi connectivity index (χ1) is 16.7. The first-order valence-electron chi connectivity index (χ1n) is 13.7. The molecule has 4 aliphatic heterocycles. The topological polar surface area (TPSA) is 60.0 Å². The molecule has 1 aliphatic carbocycles. The van der Waals surface area contributed by atoms with Gasteiger partial charge in [-0.2, -0.15) is 0 Å². The number of hydrogen-bond acceptors (Lipinski definition) is 5. The van der Waals surface area contributed by atoms with Crippen LogP contribution in [0.4, 0.5) is 5.82 Å². The number of carbonyl (C=O) groups is 2. The predicted molar refractivity (Wildman–Crippen MR) is 132 cm³/mol. The second-order valence-corrected chi connectivity index (χ2v) is 11.3. The SMILES string of the molecule is O=C(c1ccc(N2C[C@H]3C[C@H](C2)[C@H]2CCCC(=O)N2C3)nc1)N1CCN(C2CCCCC2)CC1. The molecule has 4 saturated heterocycles. The summed E-state index contributed by atoms with van der Waals surface area (Å²) in [6.07, 6.45) is 12.7. The van der Waals surface area contributed by atoms with E-state index in [2.05, 4.69) is 14.7 Å². The van der Waals surface area contributed by atoms with Crippen LogP contribution < -0.4 is 4.90 Å². The summed E-state index contributed by atoms with van der Waals surface area (Å²) in [5.74, 6) is 2.53. The molecule has 7 nitrogen and oxygen atoms in total. The predicted octanol–water partition coefficient (Wildman–Crippen LogP) is 3.01. The lowest BCUT2D eigenvalue weighted by molar-refractivity contribution is -0.142. The summed E-state index contributed by atoms with van der Waals surface area (Å²) >= 11 is 0. The van der Waals surface area contributed by atoms with Crippen LogP contribution in [0.2, 0.25) is 0 Å². The van der Waals surface area contributed by atoms with Crippen LogP contribution in [0.5, 0.6) is 0 Å². The van der Waals surface area contributed by atoms with Crippen molar-refractivity contribution in [3.05, 3.63) is 23.9 Å². The van der Waals surface area contributed by atoms with E-state index in [0.29, 0.717) is 29.3 Å². The van der Waals surface area contributed by atoms with E-state index in [-0.39, 0.29) is 5.91 Å². The molecular formula is C27H39N5O2. The van der Waals surface area contributed by atoms with E-state index in [4.69, 9.17) is 4.98 Å². The molecule has 34 heavy (non-hydrogen) atoms. The summed E-state index contributed by atoms with van der Waals surface area (Å²) in [7, 11) is 0. The molecule has 6 rings (SSSR count). The Labute approximate surface area is 203 Å². The molecule has 1 saturated carbocycles. The minimum atomic E-state index is 0.120. The monoisotopic (exact) mass is 465 g/mol. The molecule has 2 bridgehead atoms. The van der Waals surface area contributed by atoms with Gasteiger partial charge in [0.05, 0.1) is 5.56 Å². The highest BCUT2D eigenvalue weighted by atomic mass is 16.2. The van der Waals surface area contributed by atoms with Crippen molar-refractivity contribution in [2.45, 2.75) is 69.9 Å². The third kappa shape index (κ3) is 4.32. The first-order valence-corrected chi connectivity index (χ1v) is 13.7. The number of fused-ring (bicyclic) bond motifs is 4. The summed E-state index contributed by atoms with van der Waals surface area (Å²) in [6.45, 7) is 6.47. The Morgan fingerprint density at radius 1 is 0.912 bits per heavy atom. The quantitative estimate of drug-likeness (QED) is 0.687. The largest absolute Gasteiger partial charge is 0.356 e. The number of hydrogen-bond donors (Lipinski definition) is 0. The summed E-state index contributed by atoms with van der Waals surface area (Å²) < 4.78 is 0. The maximum Gasteiger partial charge on any atom is 0.255 e. The zero-order valence-electron chi connectivity index (χ0n) is 20.4. The van der Waals surface area contributed by atoms with Gasteiger partial charge >= 0.3 is 0 Å². The molecule has 5 fully saturated rings. The van der Waals surface area contributed by atoms with Gasteiger partial charge < -0.3 is 14.7 Å². The highest BCUT2D eigenvalue weighted by molar-refractivity contribution is 5.94. The van der Waals surface area contributed by atoms with E-state index in [1.54, 1.807) is 6.20 Å². The summed E-state index contributed by atoms with van der Waals surface area (Å²) in [5.41, 5.74) is 0.705. The number of anilines is 1. The molecule has 2 amide bonds. The normalized spacial score (nSPS) is 30.9. The van der Waals surface area contributed by atoms with E-state index >= 15 is 0 Å². The van der Waals surface area contributed by atoms with Gasteiger partial charge in [0.15, 0.2) is 0 Å². The molecule has 7 heteroatoms. The average molecular weight is 466 g/mol. The van der Waals surface area contributed by atoms with Gasteiger partial charge in [-0.05, 0) is 56.1 Å². The average Bonchev–Trinajstić information content (AvgIpc) is 2.89. The molecule has 3 atom stereocenters. The molecule has 184 valence electrons. The second-order valence-electron chi connectivity index (χ2n) is 11.3. The van der Waals surface area contributed by atoms with Crippen molar-refractivity contribution >= 4 is 17.6 Å². The fourth-order valence-corrected chi connectivity index (χ4v) is 7.42. The van der Waals surface area contributed by atoms with Gasteiger partial charge in [-0.25, -0.2) is 4.98 Å². The summed E-state index contributed by atoms with van der Waals surface area (Å²) in [6, 6.07) is 5.15. The fraction of sp³-hybridized carbons (Fsp3) is 0.741. The van der Waals surface area contributed by atoms with Crippen molar-refractivity contribution in [2.75, 3.05) is 50.7 Å². The molecule has 0 N–H and O–H groups in total. The number of amides is 2. The number of aromatic nitrogens is 1. The molecule has 0 unspecified atom stereocenters. The fourth-order valence-electron chi connectivity index (χ4n) is 7.42. The van der Waals surface area contributed by atoms with E-state index < -0.39 is 0 Å². The highest BCUT2D eigenvalue weighted by Crippen LogP contribution is 2.39. The van der Waals surface area contributed by atoms with E-state index in [1.807, 2.05) is 17.0 Å². The van der Waals surface area contributed by atoms with Gasteiger partial charge in [-0.3, -0.25) is 14.5 Å². The van der Waals surface area contributed by atoms with Gasteiger partial charge in [0.2, 0.25) is 5.91 Å². The highest BCUT2D eigenvalue weighted by Gasteiger charge is 2.44. The first kappa shape index (κ1) is 22.3. The Morgan fingerprint density at radius 3 is 2.50 bits per heavy atom. The van der Waals surface area contributed by atoms with Crippen molar-refractivity contribution in [1.29, 1.82) is 0 Å². The minimum absolute atomic E-state index is 0.120. The number of rotatable bonds is 3. The number of nitrogens with zero attached hydrogens (tertiary/aromatic N) is 5. The maximum atomic E-state index is 13.1. The third-order valence-corrected chi connectivity index (χ3v) is 9.19. The smallest absolute Gasteiger partial charge is 0.255 e. The van der Waals surface area contributed by atoms with Crippen molar-refractivity contribution in [3.8, 4) is 0 Å². The van der Waals surface area contributed by atoms with Crippen LogP contribution in [0.1, 0.15) is 68.1 Å². The molecule has 0 aromatic carbocycles. The Balaban J connectivity index is 1.06. The van der Waals surface area contributed by atoms with Crippen molar-refractivity contribution in [3.63, 3.8) is 0 Å². The maximum absolute atomic E-state index is 13.1. The van der Waals surface area contributed by atoms with Crippen LogP contribution in [0, 0.1) is 11.8 Å². The van der Waals surface area contributed by atoms with Crippen LogP contribution in [0.3, 0.4) is 0 Å². The lowest BCUT2D eigenvalue weighted by atomic mass is 9.76. The zero-order valence-corrected chi connectivity index (χ0v) is 20.4. The standard InChI is InChI=1S/C27H39N5O2/c33-26-8-4-7-24-22-15-20(18-32(24)26)17-31(19-22)25-10-9-21(16-28-25)27(34)30-13-11-29(12-14-30)23-5-2-1-3-6-23/h9-10,16,20,22-24H,1-8,11-15,17-19H2/t20-,22-,24-/m1/s1. The molecule has 5 heterocycles. The Kier molecular flexibility index (Phi) is 6.22. The van der Waals surface area contributed by atoms with Crippen molar-refractivity contribution in [2.24, 2.45) is 11.8 Å². The summed E-state index contributed by atoms with van der Waals surface area (Å²) in [5, 5.41) is 0. The van der Waals surface area contributed by atoms with E-state index in [9.17, 15) is 9.59 Å². The Morgan fingerprint density at radius 2 is 1.74 bits per heavy atom. The minimum Gasteiger partial charge on any atom is -0.356 e. The summed E-state index contributed by atoms with van der Waals surface area (Å²) in [4.78, 5) is 39.5. The zero-order chi connectivity index (χ0) is 23.1. The van der Waals surface area contributed by atoms with Gasteiger partial charge in [0.1, 0.15) is 5.82 Å². The lowest BCUT2D eigenvalue weighted by Gasteiger charge is -2.52. The number of pyridine rings is 1. The number of piperazine rings is 1. The van der Waals surface area contributed by atoms with Gasteiger partial charge in [0.25, 0.3) is 5.91 Å². The number of piperidine rings is 3. The lowest BCUT2D eigenvalue weighted by Crippen LogP contribution is -2.60. The van der Waals surface area contributed by atoms with Crippen LogP contribution in [-0.2, 0) is 4.79 Å². The molecule has 1 aromatic rings. The molecule has 0 spiro atoms. The van der Waals surface area contributed by atoms with E-state index in [1.165, 1.54) is 38.5 Å². The Bertz CT molecular complexity index is 891. The van der Waals surface area contributed by atoms with Gasteiger partial charge in [-0.1, -0.05) is 19.3 Å². The van der Waals surface area contributed by atoms with Crippen molar-refractivity contribution in [1.82, 2.24) is 19.7 Å². The van der Waals surface area contributed by atoms with Gasteiger partial charge in [-0.15, -0.1) is 0 Å². The van der Waals surface area contributed by atoms with Gasteiger partial charge in [0, 0.05) is 70.5 Å². The van der Waals surface area contributed by atoms with E-state index in [0.717, 1.165) is 76.9 Å². The van der Waals surface area contributed by atoms with Crippen molar-refractivity contribution < 1.29 is 9.59 Å². The van der Waals surface area contributed by atoms with Crippen LogP contribution >= 0.6 is 0 Å².